The van der Waals surface area contributed by atoms with Crippen molar-refractivity contribution in [2.45, 2.75) is 58.8 Å². The minimum Gasteiger partial charge on any atom is -0.311 e. The third-order valence-corrected chi connectivity index (χ3v) is 13.1. The summed E-state index contributed by atoms with van der Waals surface area (Å²) in [6.07, 6.45) is 22.9. The number of fused-ring (bicyclic) bond motifs is 6. The molecule has 1 heterocycles. The monoisotopic (exact) mass is 776 g/mol. The SMILES string of the molecule is C/C=C(\C=C/CC)C1C=CC(N(c2ccc(-c3ccccc3)cc2)c2ccc(-c3ccc(-n4c5c(c6ccccc64)CCC=C5)cc3)c3c2C(C)(C)c2ccccc2-3)=CC1. The van der Waals surface area contributed by atoms with E-state index >= 15 is 0 Å². The molecule has 0 N–H and O–H groups in total. The summed E-state index contributed by atoms with van der Waals surface area (Å²) in [7, 11) is 0. The van der Waals surface area contributed by atoms with Gasteiger partial charge in [-0.15, -0.1) is 0 Å². The molecule has 60 heavy (non-hydrogen) atoms. The van der Waals surface area contributed by atoms with Crippen molar-refractivity contribution in [3.63, 3.8) is 0 Å². The molecule has 0 fully saturated rings. The van der Waals surface area contributed by atoms with E-state index < -0.39 is 0 Å². The molecule has 294 valence electrons. The molecule has 0 amide bonds. The molecule has 1 aromatic heterocycles. The first kappa shape index (κ1) is 37.6. The Hall–Kier alpha value is -6.64. The molecular weight excluding hydrogens is 725 g/mol. The Balaban J connectivity index is 1.12. The van der Waals surface area contributed by atoms with Crippen LogP contribution in [-0.4, -0.2) is 4.57 Å². The van der Waals surface area contributed by atoms with Crippen LogP contribution in [0.25, 0.3) is 56.0 Å². The predicted molar refractivity (Wildman–Crippen MR) is 256 cm³/mol. The van der Waals surface area contributed by atoms with E-state index in [1.807, 2.05) is 0 Å². The Morgan fingerprint density at radius 2 is 1.48 bits per heavy atom. The van der Waals surface area contributed by atoms with E-state index in [1.54, 1.807) is 0 Å². The zero-order valence-electron chi connectivity index (χ0n) is 35.2. The van der Waals surface area contributed by atoms with Crippen molar-refractivity contribution in [1.29, 1.82) is 0 Å². The van der Waals surface area contributed by atoms with Crippen molar-refractivity contribution >= 4 is 28.4 Å². The first-order valence-corrected chi connectivity index (χ1v) is 21.8. The van der Waals surface area contributed by atoms with Crippen LogP contribution >= 0.6 is 0 Å². The van der Waals surface area contributed by atoms with Crippen LogP contribution in [0, 0.1) is 5.92 Å². The van der Waals surface area contributed by atoms with Gasteiger partial charge in [0.15, 0.2) is 0 Å². The maximum Gasteiger partial charge on any atom is 0.0537 e. The van der Waals surface area contributed by atoms with Crippen LogP contribution in [0.15, 0.2) is 193 Å². The Bertz CT molecular complexity index is 2890. The fraction of sp³-hybridized carbons (Fsp3) is 0.172. The lowest BCUT2D eigenvalue weighted by Crippen LogP contribution is -2.24. The average molecular weight is 777 g/mol. The van der Waals surface area contributed by atoms with Crippen LogP contribution in [0.4, 0.5) is 11.4 Å². The maximum atomic E-state index is 2.52. The van der Waals surface area contributed by atoms with Crippen molar-refractivity contribution in [2.75, 3.05) is 4.90 Å². The average Bonchev–Trinajstić information content (AvgIpc) is 3.77. The van der Waals surface area contributed by atoms with Crippen molar-refractivity contribution in [3.05, 3.63) is 216 Å². The molecule has 3 aliphatic carbocycles. The van der Waals surface area contributed by atoms with Gasteiger partial charge in [-0.1, -0.05) is 160 Å². The fourth-order valence-corrected chi connectivity index (χ4v) is 10.1. The number of nitrogens with zero attached hydrogens (tertiary/aromatic N) is 2. The second-order valence-electron chi connectivity index (χ2n) is 16.9. The topological polar surface area (TPSA) is 8.17 Å². The summed E-state index contributed by atoms with van der Waals surface area (Å²) in [5, 5.41) is 1.36. The van der Waals surface area contributed by atoms with Gasteiger partial charge in [0, 0.05) is 39.5 Å². The van der Waals surface area contributed by atoms with Gasteiger partial charge < -0.3 is 9.47 Å². The van der Waals surface area contributed by atoms with Gasteiger partial charge >= 0.3 is 0 Å². The second kappa shape index (κ2) is 15.5. The molecule has 2 heteroatoms. The molecule has 0 saturated heterocycles. The standard InChI is InChI=1S/C58H52N2/c1-5-7-17-40(6-2)42-26-32-45(33-27-42)59(46-34-28-43(29-35-46)41-18-9-8-10-19-41)55-39-38-48(56-51-22-11-14-23-52(51)58(3,4)57(55)56)44-30-36-47(37-31-44)60-53-24-15-12-20-49(53)50-21-13-16-25-54(50)60/h6-12,14-20,22-26,28-39,42H,5,13,21,27H2,1-4H3/b17-7-,40-6+. The minimum absolute atomic E-state index is 0.237. The lowest BCUT2D eigenvalue weighted by Gasteiger charge is -2.34. The number of allylic oxidation sites excluding steroid dienone is 8. The van der Waals surface area contributed by atoms with E-state index in [0.29, 0.717) is 5.92 Å². The van der Waals surface area contributed by atoms with Crippen molar-refractivity contribution < 1.29 is 0 Å². The minimum atomic E-state index is -0.237. The van der Waals surface area contributed by atoms with Crippen LogP contribution in [0.3, 0.4) is 0 Å². The Morgan fingerprint density at radius 1 is 0.750 bits per heavy atom. The zero-order chi connectivity index (χ0) is 40.8. The third kappa shape index (κ3) is 6.34. The van der Waals surface area contributed by atoms with E-state index in [-0.39, 0.29) is 5.41 Å². The smallest absolute Gasteiger partial charge is 0.0537 e. The molecule has 10 rings (SSSR count). The summed E-state index contributed by atoms with van der Waals surface area (Å²) in [6.45, 7) is 9.19. The molecule has 0 saturated carbocycles. The van der Waals surface area contributed by atoms with Gasteiger partial charge in [0.2, 0.25) is 0 Å². The number of rotatable bonds is 9. The van der Waals surface area contributed by atoms with Gasteiger partial charge in [-0.25, -0.2) is 0 Å². The number of anilines is 2. The first-order chi connectivity index (χ1) is 29.5. The molecule has 3 aliphatic rings. The number of benzene rings is 6. The van der Waals surface area contributed by atoms with Gasteiger partial charge in [0.25, 0.3) is 0 Å². The molecule has 0 bridgehead atoms. The summed E-state index contributed by atoms with van der Waals surface area (Å²) in [4.78, 5) is 2.52. The highest BCUT2D eigenvalue weighted by molar-refractivity contribution is 5.98. The highest BCUT2D eigenvalue weighted by Crippen LogP contribution is 2.57. The highest BCUT2D eigenvalue weighted by atomic mass is 15.2. The summed E-state index contributed by atoms with van der Waals surface area (Å²) in [5.74, 6) is 0.353. The van der Waals surface area contributed by atoms with E-state index in [0.717, 1.165) is 31.4 Å². The summed E-state index contributed by atoms with van der Waals surface area (Å²) in [6, 6.07) is 51.9. The summed E-state index contributed by atoms with van der Waals surface area (Å²) < 4.78 is 2.45. The molecular formula is C58H52N2. The van der Waals surface area contributed by atoms with E-state index in [2.05, 4.69) is 225 Å². The molecule has 0 spiro atoms. The highest BCUT2D eigenvalue weighted by Gasteiger charge is 2.40. The fourth-order valence-electron chi connectivity index (χ4n) is 10.1. The molecule has 7 aromatic rings. The van der Waals surface area contributed by atoms with E-state index in [1.165, 1.54) is 89.3 Å². The van der Waals surface area contributed by atoms with E-state index in [9.17, 15) is 0 Å². The Morgan fingerprint density at radius 3 is 2.25 bits per heavy atom. The maximum absolute atomic E-state index is 2.52. The van der Waals surface area contributed by atoms with Crippen LogP contribution in [0.1, 0.15) is 69.3 Å². The lowest BCUT2D eigenvalue weighted by atomic mass is 9.80. The molecule has 1 unspecified atom stereocenters. The quantitative estimate of drug-likeness (QED) is 0.133. The van der Waals surface area contributed by atoms with Crippen LogP contribution in [0.2, 0.25) is 0 Å². The van der Waals surface area contributed by atoms with Gasteiger partial charge in [-0.3, -0.25) is 0 Å². The van der Waals surface area contributed by atoms with Crippen molar-refractivity contribution in [2.24, 2.45) is 5.92 Å². The molecule has 0 aliphatic heterocycles. The molecule has 6 aromatic carbocycles. The zero-order valence-corrected chi connectivity index (χ0v) is 35.2. The predicted octanol–water partition coefficient (Wildman–Crippen LogP) is 15.7. The van der Waals surface area contributed by atoms with Crippen molar-refractivity contribution in [3.8, 4) is 39.1 Å². The lowest BCUT2D eigenvalue weighted by molar-refractivity contribution is 0.660. The van der Waals surface area contributed by atoms with Gasteiger partial charge in [0.05, 0.1) is 11.2 Å². The largest absolute Gasteiger partial charge is 0.311 e. The summed E-state index contributed by atoms with van der Waals surface area (Å²) in [5.41, 5.74) is 20.3. The van der Waals surface area contributed by atoms with Gasteiger partial charge in [-0.2, -0.15) is 0 Å². The van der Waals surface area contributed by atoms with E-state index in [4.69, 9.17) is 0 Å². The number of aryl methyl sites for hydroxylation is 1. The van der Waals surface area contributed by atoms with Gasteiger partial charge in [0.1, 0.15) is 0 Å². The summed E-state index contributed by atoms with van der Waals surface area (Å²) >= 11 is 0. The number of para-hydroxylation sites is 1. The first-order valence-electron chi connectivity index (χ1n) is 21.8. The second-order valence-corrected chi connectivity index (χ2v) is 16.9. The Kier molecular flexibility index (Phi) is 9.73. The molecule has 2 nitrogen and oxygen atoms in total. The van der Waals surface area contributed by atoms with Crippen LogP contribution < -0.4 is 4.90 Å². The van der Waals surface area contributed by atoms with Gasteiger partial charge in [-0.05, 0) is 137 Å². The number of aromatic nitrogens is 1. The molecule has 1 atom stereocenters. The third-order valence-electron chi connectivity index (χ3n) is 13.1. The number of hydrogen-bond donors (Lipinski definition) is 0. The molecule has 0 radical (unpaired) electrons. The Labute approximate surface area is 355 Å². The number of hydrogen-bond acceptors (Lipinski definition) is 1. The van der Waals surface area contributed by atoms with Crippen molar-refractivity contribution in [1.82, 2.24) is 4.57 Å². The van der Waals surface area contributed by atoms with Crippen LogP contribution in [0.5, 0.6) is 0 Å². The van der Waals surface area contributed by atoms with Crippen LogP contribution in [-0.2, 0) is 11.8 Å². The normalized spacial score (nSPS) is 16.5.